The van der Waals surface area contributed by atoms with E-state index in [0.29, 0.717) is 5.69 Å². The normalized spacial score (nSPS) is 16.8. The van der Waals surface area contributed by atoms with Crippen LogP contribution in [0.3, 0.4) is 0 Å². The summed E-state index contributed by atoms with van der Waals surface area (Å²) in [5.41, 5.74) is 0.548. The third-order valence-electron chi connectivity index (χ3n) is 3.54. The quantitative estimate of drug-likeness (QED) is 0.760. The molecule has 0 spiro atoms. The molecule has 1 aromatic rings. The molecule has 0 radical (unpaired) electrons. The van der Waals surface area contributed by atoms with Crippen molar-refractivity contribution in [3.63, 3.8) is 0 Å². The first kappa shape index (κ1) is 13.1. The molecule has 1 aromatic heterocycles. The fraction of sp³-hybridized carbons (Fsp3) is 0.692. The van der Waals surface area contributed by atoms with E-state index in [2.05, 4.69) is 9.88 Å². The van der Waals surface area contributed by atoms with Crippen LogP contribution in [0.25, 0.3) is 0 Å². The van der Waals surface area contributed by atoms with Gasteiger partial charge in [0.1, 0.15) is 11.5 Å². The van der Waals surface area contributed by atoms with Gasteiger partial charge >= 0.3 is 5.97 Å². The number of imidazole rings is 1. The van der Waals surface area contributed by atoms with Crippen LogP contribution in [0.2, 0.25) is 0 Å². The summed E-state index contributed by atoms with van der Waals surface area (Å²) in [6, 6.07) is 0. The predicted octanol–water partition coefficient (Wildman–Crippen LogP) is 1.46. The monoisotopic (exact) mass is 251 g/mol. The molecular formula is C13H21N3O2. The van der Waals surface area contributed by atoms with E-state index in [1.165, 1.54) is 39.5 Å². The number of nitrogens with zero attached hydrogens (tertiary/aromatic N) is 3. The third-order valence-corrected chi connectivity index (χ3v) is 3.54. The van der Waals surface area contributed by atoms with Crippen molar-refractivity contribution in [1.29, 1.82) is 0 Å². The van der Waals surface area contributed by atoms with Crippen LogP contribution >= 0.6 is 0 Å². The van der Waals surface area contributed by atoms with Crippen LogP contribution in [0.1, 0.15) is 35.6 Å². The lowest BCUT2D eigenvalue weighted by Crippen LogP contribution is -2.33. The van der Waals surface area contributed by atoms with E-state index in [9.17, 15) is 4.79 Å². The number of hydrogen-bond acceptors (Lipinski definition) is 4. The molecular weight excluding hydrogens is 230 g/mol. The Bertz CT molecular complexity index is 408. The van der Waals surface area contributed by atoms with Crippen molar-refractivity contribution >= 4 is 5.97 Å². The van der Waals surface area contributed by atoms with Gasteiger partial charge in [0.2, 0.25) is 0 Å². The average Bonchev–Trinajstić information content (AvgIpc) is 2.78. The molecule has 1 saturated heterocycles. The van der Waals surface area contributed by atoms with Gasteiger partial charge in [0.05, 0.1) is 13.3 Å². The molecule has 0 bridgehead atoms. The summed E-state index contributed by atoms with van der Waals surface area (Å²) in [6.07, 6.45) is 5.50. The van der Waals surface area contributed by atoms with Crippen LogP contribution in [-0.4, -0.2) is 47.2 Å². The molecule has 2 heterocycles. The van der Waals surface area contributed by atoms with Crippen LogP contribution < -0.4 is 0 Å². The fourth-order valence-corrected chi connectivity index (χ4v) is 2.44. The average molecular weight is 251 g/mol. The van der Waals surface area contributed by atoms with Crippen LogP contribution in [0.15, 0.2) is 6.20 Å². The molecule has 1 aliphatic heterocycles. The molecule has 100 valence electrons. The SMILES string of the molecule is COC(=O)c1cnc(C)n1CCN1CCCCC1. The van der Waals surface area contributed by atoms with Gasteiger partial charge in [-0.15, -0.1) is 0 Å². The first-order valence-electron chi connectivity index (χ1n) is 6.55. The summed E-state index contributed by atoms with van der Waals surface area (Å²) in [5.74, 6) is 0.557. The molecule has 0 aliphatic carbocycles. The minimum atomic E-state index is -0.311. The van der Waals surface area contributed by atoms with E-state index in [0.717, 1.165) is 18.9 Å². The minimum Gasteiger partial charge on any atom is -0.464 e. The predicted molar refractivity (Wildman–Crippen MR) is 68.6 cm³/mol. The minimum absolute atomic E-state index is 0.311. The van der Waals surface area contributed by atoms with E-state index >= 15 is 0 Å². The van der Waals surface area contributed by atoms with E-state index < -0.39 is 0 Å². The number of carbonyl (C=O) groups is 1. The van der Waals surface area contributed by atoms with Crippen LogP contribution in [0.5, 0.6) is 0 Å². The largest absolute Gasteiger partial charge is 0.464 e. The Morgan fingerprint density at radius 2 is 2.06 bits per heavy atom. The van der Waals surface area contributed by atoms with Gasteiger partial charge in [0.15, 0.2) is 0 Å². The molecule has 0 amide bonds. The zero-order chi connectivity index (χ0) is 13.0. The highest BCUT2D eigenvalue weighted by atomic mass is 16.5. The molecule has 18 heavy (non-hydrogen) atoms. The first-order chi connectivity index (χ1) is 8.72. The smallest absolute Gasteiger partial charge is 0.356 e. The summed E-state index contributed by atoms with van der Waals surface area (Å²) >= 11 is 0. The lowest BCUT2D eigenvalue weighted by atomic mass is 10.1. The fourth-order valence-electron chi connectivity index (χ4n) is 2.44. The Morgan fingerprint density at radius 3 is 2.72 bits per heavy atom. The van der Waals surface area contributed by atoms with E-state index in [-0.39, 0.29) is 5.97 Å². The Kier molecular flexibility index (Phi) is 4.36. The van der Waals surface area contributed by atoms with Crippen molar-refractivity contribution < 1.29 is 9.53 Å². The summed E-state index contributed by atoms with van der Waals surface area (Å²) in [4.78, 5) is 18.2. The Balaban J connectivity index is 1.99. The van der Waals surface area contributed by atoms with Crippen molar-refractivity contribution in [2.75, 3.05) is 26.7 Å². The highest BCUT2D eigenvalue weighted by Crippen LogP contribution is 2.10. The number of rotatable bonds is 4. The first-order valence-corrected chi connectivity index (χ1v) is 6.55. The highest BCUT2D eigenvalue weighted by molar-refractivity contribution is 5.87. The van der Waals surface area contributed by atoms with Crippen molar-refractivity contribution in [3.8, 4) is 0 Å². The molecule has 0 N–H and O–H groups in total. The molecule has 0 atom stereocenters. The van der Waals surface area contributed by atoms with Crippen molar-refractivity contribution in [2.24, 2.45) is 0 Å². The van der Waals surface area contributed by atoms with Gasteiger partial charge in [0, 0.05) is 13.1 Å². The lowest BCUT2D eigenvalue weighted by Gasteiger charge is -2.26. The van der Waals surface area contributed by atoms with Gasteiger partial charge < -0.3 is 14.2 Å². The molecule has 1 fully saturated rings. The number of methoxy groups -OCH3 is 1. The van der Waals surface area contributed by atoms with E-state index in [1.54, 1.807) is 6.20 Å². The second kappa shape index (κ2) is 6.00. The van der Waals surface area contributed by atoms with Crippen molar-refractivity contribution in [3.05, 3.63) is 17.7 Å². The molecule has 1 aliphatic rings. The number of piperidine rings is 1. The van der Waals surface area contributed by atoms with E-state index in [4.69, 9.17) is 4.74 Å². The van der Waals surface area contributed by atoms with Crippen LogP contribution in [-0.2, 0) is 11.3 Å². The number of hydrogen-bond donors (Lipinski definition) is 0. The maximum Gasteiger partial charge on any atom is 0.356 e. The Labute approximate surface area is 108 Å². The van der Waals surface area contributed by atoms with Gasteiger partial charge in [-0.3, -0.25) is 0 Å². The van der Waals surface area contributed by atoms with Gasteiger partial charge in [-0.1, -0.05) is 6.42 Å². The second-order valence-corrected chi connectivity index (χ2v) is 4.74. The third kappa shape index (κ3) is 2.90. The van der Waals surface area contributed by atoms with Gasteiger partial charge in [-0.05, 0) is 32.9 Å². The summed E-state index contributed by atoms with van der Waals surface area (Å²) in [5, 5.41) is 0. The molecule has 2 rings (SSSR count). The topological polar surface area (TPSA) is 47.4 Å². The lowest BCUT2D eigenvalue weighted by molar-refractivity contribution is 0.0587. The number of esters is 1. The number of likely N-dealkylation sites (tertiary alicyclic amines) is 1. The number of aromatic nitrogens is 2. The number of ether oxygens (including phenoxy) is 1. The van der Waals surface area contributed by atoms with E-state index in [1.807, 2.05) is 11.5 Å². The summed E-state index contributed by atoms with van der Waals surface area (Å²) in [6.45, 7) is 6.03. The van der Waals surface area contributed by atoms with Gasteiger partial charge in [0.25, 0.3) is 0 Å². The van der Waals surface area contributed by atoms with Gasteiger partial charge in [-0.2, -0.15) is 0 Å². The zero-order valence-electron chi connectivity index (χ0n) is 11.2. The molecule has 0 saturated carbocycles. The van der Waals surface area contributed by atoms with Crippen LogP contribution in [0.4, 0.5) is 0 Å². The second-order valence-electron chi connectivity index (χ2n) is 4.74. The maximum absolute atomic E-state index is 11.6. The number of aryl methyl sites for hydroxylation is 1. The van der Waals surface area contributed by atoms with Crippen LogP contribution in [0, 0.1) is 6.92 Å². The summed E-state index contributed by atoms with van der Waals surface area (Å²) < 4.78 is 6.71. The Hall–Kier alpha value is -1.36. The van der Waals surface area contributed by atoms with Crippen molar-refractivity contribution in [2.45, 2.75) is 32.7 Å². The molecule has 5 heteroatoms. The highest BCUT2D eigenvalue weighted by Gasteiger charge is 2.16. The Morgan fingerprint density at radius 1 is 1.33 bits per heavy atom. The van der Waals surface area contributed by atoms with Gasteiger partial charge in [-0.25, -0.2) is 9.78 Å². The zero-order valence-corrected chi connectivity index (χ0v) is 11.2. The number of carbonyl (C=O) groups excluding carboxylic acids is 1. The molecule has 0 unspecified atom stereocenters. The molecule has 0 aromatic carbocycles. The standard InChI is InChI=1S/C13H21N3O2/c1-11-14-10-12(13(17)18-2)16(11)9-8-15-6-4-3-5-7-15/h10H,3-9H2,1-2H3. The summed E-state index contributed by atoms with van der Waals surface area (Å²) in [7, 11) is 1.40. The maximum atomic E-state index is 11.6. The van der Waals surface area contributed by atoms with Crippen molar-refractivity contribution in [1.82, 2.24) is 14.5 Å². The molecule has 5 nitrogen and oxygen atoms in total.